The molecule has 26 heavy (non-hydrogen) atoms. The number of esters is 3. The SMILES string of the molecule is CS[C@@](C)(C(=O)OC(C)(C)C)[C@@H]1[C@@H](I)C(=O)OC12CCC21C=CC(=O)O1. The van der Waals surface area contributed by atoms with Crippen molar-refractivity contribution in [3.8, 4) is 0 Å². The molecule has 2 heterocycles. The molecule has 2 spiro atoms. The summed E-state index contributed by atoms with van der Waals surface area (Å²) >= 11 is 3.38. The van der Waals surface area contributed by atoms with Crippen LogP contribution in [-0.2, 0) is 28.6 Å². The molecule has 2 unspecified atom stereocenters. The van der Waals surface area contributed by atoms with Gasteiger partial charge in [-0.05, 0) is 52.9 Å². The van der Waals surface area contributed by atoms with E-state index >= 15 is 0 Å². The van der Waals surface area contributed by atoms with Crippen LogP contribution in [-0.4, -0.2) is 49.6 Å². The van der Waals surface area contributed by atoms with E-state index < -0.39 is 43.3 Å². The highest BCUT2D eigenvalue weighted by molar-refractivity contribution is 14.1. The summed E-state index contributed by atoms with van der Waals surface area (Å²) in [6.07, 6.45) is 5.99. The van der Waals surface area contributed by atoms with Crippen LogP contribution in [0.15, 0.2) is 12.2 Å². The molecule has 3 aliphatic rings. The lowest BCUT2D eigenvalue weighted by atomic mass is 9.57. The van der Waals surface area contributed by atoms with Gasteiger partial charge in [-0.15, -0.1) is 11.8 Å². The summed E-state index contributed by atoms with van der Waals surface area (Å²) in [6, 6.07) is 0. The van der Waals surface area contributed by atoms with Crippen LogP contribution in [0.4, 0.5) is 0 Å². The van der Waals surface area contributed by atoms with Gasteiger partial charge in [-0.3, -0.25) is 9.59 Å². The normalized spacial score (nSPS) is 38.1. The first kappa shape index (κ1) is 20.0. The Bertz CT molecular complexity index is 700. The molecule has 2 fully saturated rings. The van der Waals surface area contributed by atoms with Crippen LogP contribution in [0.2, 0.25) is 0 Å². The zero-order valence-corrected chi connectivity index (χ0v) is 18.4. The smallest absolute Gasteiger partial charge is 0.331 e. The number of rotatable bonds is 3. The third-order valence-corrected chi connectivity index (χ3v) is 7.98. The lowest BCUT2D eigenvalue weighted by Crippen LogP contribution is -2.70. The Hall–Kier alpha value is -0.770. The van der Waals surface area contributed by atoms with Crippen LogP contribution in [0.25, 0.3) is 0 Å². The van der Waals surface area contributed by atoms with E-state index in [4.69, 9.17) is 14.2 Å². The van der Waals surface area contributed by atoms with Crippen LogP contribution in [0.1, 0.15) is 40.5 Å². The molecule has 5 atom stereocenters. The lowest BCUT2D eigenvalue weighted by Gasteiger charge is -2.56. The number of hydrogen-bond donors (Lipinski definition) is 0. The van der Waals surface area contributed by atoms with Gasteiger partial charge in [-0.2, -0.15) is 0 Å². The van der Waals surface area contributed by atoms with Gasteiger partial charge in [0, 0.05) is 6.08 Å². The first-order valence-corrected chi connectivity index (χ1v) is 11.0. The van der Waals surface area contributed by atoms with Crippen LogP contribution >= 0.6 is 34.4 Å². The lowest BCUT2D eigenvalue weighted by molar-refractivity contribution is -0.231. The van der Waals surface area contributed by atoms with E-state index in [0.717, 1.165) is 0 Å². The van der Waals surface area contributed by atoms with Crippen molar-refractivity contribution in [2.45, 2.75) is 66.0 Å². The summed E-state index contributed by atoms with van der Waals surface area (Å²) in [5, 5.41) is 0. The molecule has 0 N–H and O–H groups in total. The molecule has 8 heteroatoms. The van der Waals surface area contributed by atoms with Crippen molar-refractivity contribution < 1.29 is 28.6 Å². The highest BCUT2D eigenvalue weighted by Crippen LogP contribution is 2.63. The second-order valence-electron chi connectivity index (χ2n) is 8.15. The fraction of sp³-hybridized carbons (Fsp3) is 0.722. The number of carbonyl (C=O) groups is 3. The Morgan fingerprint density at radius 2 is 1.92 bits per heavy atom. The third kappa shape index (κ3) is 2.70. The average Bonchev–Trinajstić information content (AvgIpc) is 3.06. The number of halogens is 1. The van der Waals surface area contributed by atoms with E-state index in [1.165, 1.54) is 17.8 Å². The maximum atomic E-state index is 13.1. The summed E-state index contributed by atoms with van der Waals surface area (Å²) in [5.74, 6) is -1.71. The minimum Gasteiger partial charge on any atom is -0.459 e. The summed E-state index contributed by atoms with van der Waals surface area (Å²) in [7, 11) is 0. The fourth-order valence-electron chi connectivity index (χ4n) is 4.10. The van der Waals surface area contributed by atoms with Crippen LogP contribution in [0, 0.1) is 5.92 Å². The predicted molar refractivity (Wildman–Crippen MR) is 105 cm³/mol. The Labute approximate surface area is 170 Å². The Morgan fingerprint density at radius 1 is 1.27 bits per heavy atom. The highest BCUT2D eigenvalue weighted by atomic mass is 127. The number of thioether (sulfide) groups is 1. The zero-order valence-electron chi connectivity index (χ0n) is 15.5. The maximum Gasteiger partial charge on any atom is 0.331 e. The van der Waals surface area contributed by atoms with E-state index in [1.807, 2.05) is 49.6 Å². The van der Waals surface area contributed by atoms with Crippen molar-refractivity contribution >= 4 is 52.3 Å². The van der Waals surface area contributed by atoms with Gasteiger partial charge in [0.05, 0.1) is 5.92 Å². The van der Waals surface area contributed by atoms with Crippen molar-refractivity contribution in [2.75, 3.05) is 6.26 Å². The summed E-state index contributed by atoms with van der Waals surface area (Å²) < 4.78 is 15.5. The van der Waals surface area contributed by atoms with Crippen molar-refractivity contribution in [1.82, 2.24) is 0 Å². The van der Waals surface area contributed by atoms with Crippen LogP contribution in [0.5, 0.6) is 0 Å². The highest BCUT2D eigenvalue weighted by Gasteiger charge is 2.77. The van der Waals surface area contributed by atoms with Gasteiger partial charge in [-0.25, -0.2) is 4.79 Å². The molecule has 6 nitrogen and oxygen atoms in total. The number of ether oxygens (including phenoxy) is 3. The van der Waals surface area contributed by atoms with Gasteiger partial charge >= 0.3 is 17.9 Å². The van der Waals surface area contributed by atoms with E-state index in [2.05, 4.69) is 0 Å². The monoisotopic (exact) mass is 494 g/mol. The molecule has 0 aromatic rings. The quantitative estimate of drug-likeness (QED) is 0.259. The Morgan fingerprint density at radius 3 is 2.35 bits per heavy atom. The first-order chi connectivity index (χ1) is 11.9. The van der Waals surface area contributed by atoms with E-state index in [-0.39, 0.29) is 5.97 Å². The van der Waals surface area contributed by atoms with Crippen LogP contribution in [0.3, 0.4) is 0 Å². The zero-order chi connectivity index (χ0) is 19.5. The molecule has 1 saturated carbocycles. The maximum absolute atomic E-state index is 13.1. The topological polar surface area (TPSA) is 78.9 Å². The molecule has 0 radical (unpaired) electrons. The predicted octanol–water partition coefficient (Wildman–Crippen LogP) is 2.81. The van der Waals surface area contributed by atoms with Gasteiger partial charge in [0.15, 0.2) is 11.2 Å². The molecule has 0 aromatic heterocycles. The van der Waals surface area contributed by atoms with E-state index in [0.29, 0.717) is 12.8 Å². The molecule has 0 bridgehead atoms. The van der Waals surface area contributed by atoms with Crippen molar-refractivity contribution in [1.29, 1.82) is 0 Å². The molecule has 0 amide bonds. The number of alkyl halides is 1. The average molecular weight is 494 g/mol. The van der Waals surface area contributed by atoms with Crippen molar-refractivity contribution in [2.24, 2.45) is 5.92 Å². The molecule has 1 saturated heterocycles. The Kier molecular flexibility index (Phi) is 4.70. The van der Waals surface area contributed by atoms with Gasteiger partial charge in [0.2, 0.25) is 0 Å². The number of hydrogen-bond acceptors (Lipinski definition) is 7. The molecular weight excluding hydrogens is 471 g/mol. The molecule has 0 aromatic carbocycles. The second kappa shape index (κ2) is 6.12. The summed E-state index contributed by atoms with van der Waals surface area (Å²) in [5.41, 5.74) is -2.67. The fourth-order valence-corrected chi connectivity index (χ4v) is 6.56. The molecule has 3 rings (SSSR count). The molecule has 2 aliphatic heterocycles. The Balaban J connectivity index is 2.05. The van der Waals surface area contributed by atoms with E-state index in [9.17, 15) is 14.4 Å². The number of carbonyl (C=O) groups excluding carboxylic acids is 3. The molecule has 144 valence electrons. The largest absolute Gasteiger partial charge is 0.459 e. The summed E-state index contributed by atoms with van der Waals surface area (Å²) in [4.78, 5) is 37.4. The van der Waals surface area contributed by atoms with Gasteiger partial charge in [0.1, 0.15) is 14.3 Å². The van der Waals surface area contributed by atoms with E-state index in [1.54, 1.807) is 13.0 Å². The van der Waals surface area contributed by atoms with Gasteiger partial charge < -0.3 is 14.2 Å². The van der Waals surface area contributed by atoms with Gasteiger partial charge in [-0.1, -0.05) is 22.6 Å². The first-order valence-electron chi connectivity index (χ1n) is 8.48. The van der Waals surface area contributed by atoms with Gasteiger partial charge in [0.25, 0.3) is 0 Å². The number of fused-ring (bicyclic) bond motifs is 1. The van der Waals surface area contributed by atoms with Crippen molar-refractivity contribution in [3.63, 3.8) is 0 Å². The second-order valence-corrected chi connectivity index (χ2v) is 10.7. The van der Waals surface area contributed by atoms with Crippen LogP contribution < -0.4 is 0 Å². The standard InChI is InChI=1S/C18H23IO6S/c1-15(2,3)25-14(22)16(4,26-5)12-11(19)13(21)24-18(12)9-8-17(18)7-6-10(20)23-17/h6-7,11-12H,8-9H2,1-5H3/t11-,12+,16-,17?,18?/m1/s1. The minimum absolute atomic E-state index is 0.380. The minimum atomic E-state index is -1.03. The molecular formula is C18H23IO6S. The summed E-state index contributed by atoms with van der Waals surface area (Å²) in [6.45, 7) is 7.22. The third-order valence-electron chi connectivity index (χ3n) is 5.48. The van der Waals surface area contributed by atoms with Crippen molar-refractivity contribution in [3.05, 3.63) is 12.2 Å². The molecule has 1 aliphatic carbocycles.